The molecule has 1 aromatic rings. The highest BCUT2D eigenvalue weighted by Crippen LogP contribution is 2.25. The van der Waals surface area contributed by atoms with Crippen molar-refractivity contribution in [2.75, 3.05) is 19.6 Å². The standard InChI is InChI=1S/C12H20N4O/c1-15-8-5-11(14-15)10-3-2-7-16(9-10)12(17)4-6-13/h5,8,10H,2-4,6-7,9,13H2,1H3/t10-/m0/s1. The van der Waals surface area contributed by atoms with E-state index in [4.69, 9.17) is 5.73 Å². The van der Waals surface area contributed by atoms with Gasteiger partial charge >= 0.3 is 0 Å². The van der Waals surface area contributed by atoms with E-state index in [9.17, 15) is 4.79 Å². The molecule has 5 heteroatoms. The van der Waals surface area contributed by atoms with Gasteiger partial charge in [-0.3, -0.25) is 9.48 Å². The highest BCUT2D eigenvalue weighted by atomic mass is 16.2. The second kappa shape index (κ2) is 5.31. The fraction of sp³-hybridized carbons (Fsp3) is 0.667. The van der Waals surface area contributed by atoms with Crippen LogP contribution in [0.1, 0.15) is 30.9 Å². The van der Waals surface area contributed by atoms with Crippen LogP contribution in [0.2, 0.25) is 0 Å². The summed E-state index contributed by atoms with van der Waals surface area (Å²) in [5.41, 5.74) is 6.52. The summed E-state index contributed by atoms with van der Waals surface area (Å²) in [7, 11) is 1.92. The molecule has 1 aromatic heterocycles. The molecule has 0 aromatic carbocycles. The lowest BCUT2D eigenvalue weighted by atomic mass is 9.95. The molecular formula is C12H20N4O. The maximum Gasteiger partial charge on any atom is 0.223 e. The first-order valence-corrected chi connectivity index (χ1v) is 6.18. The summed E-state index contributed by atoms with van der Waals surface area (Å²) < 4.78 is 1.82. The van der Waals surface area contributed by atoms with Crippen LogP contribution in [0.25, 0.3) is 0 Å². The monoisotopic (exact) mass is 236 g/mol. The minimum absolute atomic E-state index is 0.174. The number of nitrogens with two attached hydrogens (primary N) is 1. The number of carbonyl (C=O) groups is 1. The Morgan fingerprint density at radius 2 is 2.47 bits per heavy atom. The van der Waals surface area contributed by atoms with Crippen LogP contribution in [-0.4, -0.2) is 40.2 Å². The second-order valence-electron chi connectivity index (χ2n) is 4.63. The molecule has 0 aliphatic carbocycles. The number of hydrogen-bond acceptors (Lipinski definition) is 3. The van der Waals surface area contributed by atoms with Crippen LogP contribution in [0, 0.1) is 0 Å². The molecule has 0 radical (unpaired) electrons. The average molecular weight is 236 g/mol. The molecule has 1 aliphatic heterocycles. The van der Waals surface area contributed by atoms with Gasteiger partial charge in [-0.1, -0.05) is 0 Å². The summed E-state index contributed by atoms with van der Waals surface area (Å²) >= 11 is 0. The number of amides is 1. The Bertz CT molecular complexity index is 388. The molecule has 1 atom stereocenters. The molecule has 2 heterocycles. The van der Waals surface area contributed by atoms with Gasteiger partial charge in [0, 0.05) is 45.2 Å². The second-order valence-corrected chi connectivity index (χ2v) is 4.63. The molecular weight excluding hydrogens is 216 g/mol. The van der Waals surface area contributed by atoms with Gasteiger partial charge in [0.05, 0.1) is 5.69 Å². The van der Waals surface area contributed by atoms with Crippen molar-refractivity contribution in [3.8, 4) is 0 Å². The topological polar surface area (TPSA) is 64.2 Å². The van der Waals surface area contributed by atoms with Crippen molar-refractivity contribution in [2.24, 2.45) is 12.8 Å². The summed E-state index contributed by atoms with van der Waals surface area (Å²) in [6, 6.07) is 2.04. The third-order valence-electron chi connectivity index (χ3n) is 3.28. The van der Waals surface area contributed by atoms with Crippen LogP contribution < -0.4 is 5.73 Å². The Hall–Kier alpha value is -1.36. The van der Waals surface area contributed by atoms with E-state index in [0.717, 1.165) is 31.6 Å². The zero-order valence-corrected chi connectivity index (χ0v) is 10.3. The average Bonchev–Trinajstić information content (AvgIpc) is 2.76. The molecule has 1 amide bonds. The molecule has 0 saturated carbocycles. The van der Waals surface area contributed by atoms with Gasteiger partial charge in [-0.05, 0) is 18.9 Å². The minimum atomic E-state index is 0.174. The van der Waals surface area contributed by atoms with Crippen molar-refractivity contribution < 1.29 is 4.79 Å². The zero-order chi connectivity index (χ0) is 12.3. The molecule has 0 spiro atoms. The summed E-state index contributed by atoms with van der Waals surface area (Å²) in [5, 5.41) is 4.43. The molecule has 1 saturated heterocycles. The first-order valence-electron chi connectivity index (χ1n) is 6.18. The van der Waals surface area contributed by atoms with Gasteiger partial charge in [-0.2, -0.15) is 5.10 Å². The van der Waals surface area contributed by atoms with Crippen molar-refractivity contribution in [3.05, 3.63) is 18.0 Å². The quantitative estimate of drug-likeness (QED) is 0.830. The Morgan fingerprint density at radius 3 is 3.12 bits per heavy atom. The smallest absolute Gasteiger partial charge is 0.223 e. The predicted octanol–water partition coefficient (Wildman–Crippen LogP) is 0.475. The van der Waals surface area contributed by atoms with Crippen LogP contribution in [0.3, 0.4) is 0 Å². The Morgan fingerprint density at radius 1 is 1.65 bits per heavy atom. The number of aromatic nitrogens is 2. The van der Waals surface area contributed by atoms with Crippen LogP contribution in [-0.2, 0) is 11.8 Å². The van der Waals surface area contributed by atoms with E-state index in [1.807, 2.05) is 28.9 Å². The molecule has 2 rings (SSSR count). The van der Waals surface area contributed by atoms with E-state index in [-0.39, 0.29) is 5.91 Å². The number of aryl methyl sites for hydroxylation is 1. The Balaban J connectivity index is 1.99. The Kier molecular flexibility index (Phi) is 3.78. The molecule has 1 aliphatic rings. The van der Waals surface area contributed by atoms with E-state index in [1.165, 1.54) is 0 Å². The van der Waals surface area contributed by atoms with Crippen molar-refractivity contribution >= 4 is 5.91 Å². The van der Waals surface area contributed by atoms with Crippen molar-refractivity contribution in [2.45, 2.75) is 25.2 Å². The molecule has 17 heavy (non-hydrogen) atoms. The SMILES string of the molecule is Cn1ccc([C@H]2CCCN(C(=O)CCN)C2)n1. The first kappa shape index (κ1) is 12.1. The molecule has 94 valence electrons. The summed E-state index contributed by atoms with van der Waals surface area (Å²) in [6.45, 7) is 2.08. The maximum atomic E-state index is 11.8. The number of carbonyl (C=O) groups excluding carboxylic acids is 1. The van der Waals surface area contributed by atoms with Crippen molar-refractivity contribution in [1.82, 2.24) is 14.7 Å². The predicted molar refractivity (Wildman–Crippen MR) is 65.4 cm³/mol. The third kappa shape index (κ3) is 2.85. The van der Waals surface area contributed by atoms with Gasteiger partial charge in [-0.15, -0.1) is 0 Å². The lowest BCUT2D eigenvalue weighted by Gasteiger charge is -2.32. The van der Waals surface area contributed by atoms with Crippen LogP contribution >= 0.6 is 0 Å². The fourth-order valence-corrected chi connectivity index (χ4v) is 2.38. The van der Waals surface area contributed by atoms with Gasteiger partial charge in [0.2, 0.25) is 5.91 Å². The largest absolute Gasteiger partial charge is 0.342 e. The Labute approximate surface area is 102 Å². The van der Waals surface area contributed by atoms with Gasteiger partial charge in [-0.25, -0.2) is 0 Å². The summed E-state index contributed by atoms with van der Waals surface area (Å²) in [4.78, 5) is 13.7. The van der Waals surface area contributed by atoms with Crippen LogP contribution in [0.5, 0.6) is 0 Å². The molecule has 1 fully saturated rings. The van der Waals surface area contributed by atoms with Gasteiger partial charge in [0.25, 0.3) is 0 Å². The highest BCUT2D eigenvalue weighted by Gasteiger charge is 2.25. The number of likely N-dealkylation sites (tertiary alicyclic amines) is 1. The van der Waals surface area contributed by atoms with Crippen LogP contribution in [0.4, 0.5) is 0 Å². The molecule has 5 nitrogen and oxygen atoms in total. The van der Waals surface area contributed by atoms with E-state index in [2.05, 4.69) is 5.10 Å². The van der Waals surface area contributed by atoms with E-state index in [0.29, 0.717) is 18.9 Å². The van der Waals surface area contributed by atoms with E-state index in [1.54, 1.807) is 0 Å². The maximum absolute atomic E-state index is 11.8. The normalized spacial score (nSPS) is 20.6. The van der Waals surface area contributed by atoms with E-state index < -0.39 is 0 Å². The lowest BCUT2D eigenvalue weighted by molar-refractivity contribution is -0.132. The van der Waals surface area contributed by atoms with E-state index >= 15 is 0 Å². The minimum Gasteiger partial charge on any atom is -0.342 e. The number of hydrogen-bond donors (Lipinski definition) is 1. The lowest BCUT2D eigenvalue weighted by Crippen LogP contribution is -2.39. The van der Waals surface area contributed by atoms with Gasteiger partial charge in [0.1, 0.15) is 0 Å². The summed E-state index contributed by atoms with van der Waals surface area (Å²) in [5.74, 6) is 0.555. The van der Waals surface area contributed by atoms with Gasteiger partial charge < -0.3 is 10.6 Å². The molecule has 0 bridgehead atoms. The fourth-order valence-electron chi connectivity index (χ4n) is 2.38. The number of piperidine rings is 1. The van der Waals surface area contributed by atoms with Crippen LogP contribution in [0.15, 0.2) is 12.3 Å². The first-order chi connectivity index (χ1) is 8.20. The number of rotatable bonds is 3. The number of nitrogens with zero attached hydrogens (tertiary/aromatic N) is 3. The van der Waals surface area contributed by atoms with Crippen molar-refractivity contribution in [3.63, 3.8) is 0 Å². The summed E-state index contributed by atoms with van der Waals surface area (Å²) in [6.07, 6.45) is 4.58. The highest BCUT2D eigenvalue weighted by molar-refractivity contribution is 5.76. The molecule has 2 N–H and O–H groups in total. The van der Waals surface area contributed by atoms with Gasteiger partial charge in [0.15, 0.2) is 0 Å². The molecule has 0 unspecified atom stereocenters. The zero-order valence-electron chi connectivity index (χ0n) is 10.3. The third-order valence-corrected chi connectivity index (χ3v) is 3.28. The van der Waals surface area contributed by atoms with Crippen molar-refractivity contribution in [1.29, 1.82) is 0 Å².